The van der Waals surface area contributed by atoms with Crippen molar-refractivity contribution < 1.29 is 4.79 Å². The van der Waals surface area contributed by atoms with Gasteiger partial charge in [-0.2, -0.15) is 0 Å². The summed E-state index contributed by atoms with van der Waals surface area (Å²) in [5, 5.41) is 0. The van der Waals surface area contributed by atoms with E-state index >= 15 is 0 Å². The molecule has 0 saturated carbocycles. The quantitative estimate of drug-likeness (QED) is 0.527. The van der Waals surface area contributed by atoms with Crippen LogP contribution in [-0.2, 0) is 10.5 Å². The zero-order valence-corrected chi connectivity index (χ0v) is 7.45. The number of hydrogen-bond donors (Lipinski definition) is 0. The molecular formula is C8H7OS2. The molecular weight excluding hydrogens is 176 g/mol. The fraction of sp³-hybridized carbons (Fsp3) is 0.125. The van der Waals surface area contributed by atoms with Crippen LogP contribution >= 0.6 is 21.6 Å². The van der Waals surface area contributed by atoms with E-state index in [-0.39, 0.29) is 0 Å². The molecule has 0 amide bonds. The van der Waals surface area contributed by atoms with Crippen LogP contribution in [0.3, 0.4) is 0 Å². The molecule has 1 radical (unpaired) electrons. The Labute approximate surface area is 74.0 Å². The van der Waals surface area contributed by atoms with E-state index in [1.807, 2.05) is 30.3 Å². The maximum absolute atomic E-state index is 9.81. The molecule has 0 N–H and O–H groups in total. The van der Waals surface area contributed by atoms with E-state index in [1.54, 1.807) is 5.62 Å². The normalized spacial score (nSPS) is 9.45. The van der Waals surface area contributed by atoms with E-state index in [2.05, 4.69) is 0 Å². The molecule has 3 heteroatoms. The minimum absolute atomic E-state index is 0.862. The van der Waals surface area contributed by atoms with Crippen molar-refractivity contribution in [2.45, 2.75) is 5.75 Å². The predicted octanol–water partition coefficient (Wildman–Crippen LogP) is 2.64. The third-order valence-corrected chi connectivity index (χ3v) is 2.71. The first-order chi connectivity index (χ1) is 5.43. The van der Waals surface area contributed by atoms with Crippen molar-refractivity contribution in [1.82, 2.24) is 0 Å². The van der Waals surface area contributed by atoms with Gasteiger partial charge in [-0.1, -0.05) is 41.1 Å². The average Bonchev–Trinajstić information content (AvgIpc) is 2.07. The smallest absolute Gasteiger partial charge is 0.276 e. The van der Waals surface area contributed by atoms with E-state index in [4.69, 9.17) is 0 Å². The summed E-state index contributed by atoms with van der Waals surface area (Å²) < 4.78 is 0. The molecule has 0 unspecified atom stereocenters. The van der Waals surface area contributed by atoms with Crippen LogP contribution in [0.4, 0.5) is 0 Å². The minimum Gasteiger partial charge on any atom is -0.276 e. The highest BCUT2D eigenvalue weighted by atomic mass is 33.1. The van der Waals surface area contributed by atoms with Gasteiger partial charge in [0.05, 0.1) is 0 Å². The Balaban J connectivity index is 2.33. The van der Waals surface area contributed by atoms with Crippen molar-refractivity contribution in [2.75, 3.05) is 0 Å². The molecule has 0 aliphatic rings. The second-order valence-corrected chi connectivity index (χ2v) is 3.98. The van der Waals surface area contributed by atoms with Gasteiger partial charge in [-0.05, 0) is 16.4 Å². The van der Waals surface area contributed by atoms with Crippen molar-refractivity contribution in [3.05, 3.63) is 35.9 Å². The zero-order valence-electron chi connectivity index (χ0n) is 5.82. The van der Waals surface area contributed by atoms with Crippen molar-refractivity contribution in [3.8, 4) is 0 Å². The second kappa shape index (κ2) is 5.27. The lowest BCUT2D eigenvalue weighted by molar-refractivity contribution is 0.570. The maximum atomic E-state index is 9.81. The molecule has 0 aromatic heterocycles. The van der Waals surface area contributed by atoms with Crippen molar-refractivity contribution in [3.63, 3.8) is 0 Å². The lowest BCUT2D eigenvalue weighted by Gasteiger charge is -1.94. The van der Waals surface area contributed by atoms with Crippen LogP contribution in [0.1, 0.15) is 5.56 Å². The van der Waals surface area contributed by atoms with Crippen molar-refractivity contribution in [1.29, 1.82) is 0 Å². The second-order valence-electron chi connectivity index (χ2n) is 1.91. The van der Waals surface area contributed by atoms with Crippen LogP contribution in [0.5, 0.6) is 0 Å². The Morgan fingerprint density at radius 3 is 2.64 bits per heavy atom. The Morgan fingerprint density at radius 2 is 2.00 bits per heavy atom. The molecule has 0 aliphatic carbocycles. The number of rotatable bonds is 4. The van der Waals surface area contributed by atoms with Gasteiger partial charge >= 0.3 is 0 Å². The SMILES string of the molecule is O=[C]SSCc1ccccc1. The Kier molecular flexibility index (Phi) is 4.16. The molecule has 0 spiro atoms. The van der Waals surface area contributed by atoms with Crippen molar-refractivity contribution >= 4 is 27.2 Å². The van der Waals surface area contributed by atoms with Gasteiger partial charge in [0.15, 0.2) is 0 Å². The molecule has 0 fully saturated rings. The zero-order chi connectivity index (χ0) is 7.94. The van der Waals surface area contributed by atoms with Crippen LogP contribution in [0.25, 0.3) is 0 Å². The summed E-state index contributed by atoms with van der Waals surface area (Å²) in [4.78, 5) is 9.81. The fourth-order valence-electron chi connectivity index (χ4n) is 0.696. The van der Waals surface area contributed by atoms with Gasteiger partial charge in [0.25, 0.3) is 5.62 Å². The first kappa shape index (κ1) is 8.68. The van der Waals surface area contributed by atoms with Gasteiger partial charge < -0.3 is 0 Å². The van der Waals surface area contributed by atoms with Crippen LogP contribution < -0.4 is 0 Å². The molecule has 11 heavy (non-hydrogen) atoms. The highest BCUT2D eigenvalue weighted by Crippen LogP contribution is 2.22. The largest absolute Gasteiger partial charge is 0.277 e. The van der Waals surface area contributed by atoms with Gasteiger partial charge in [-0.15, -0.1) is 0 Å². The summed E-state index contributed by atoms with van der Waals surface area (Å²) in [6.45, 7) is 0. The Morgan fingerprint density at radius 1 is 1.27 bits per heavy atom. The van der Waals surface area contributed by atoms with Gasteiger partial charge in [0.1, 0.15) is 0 Å². The Bertz CT molecular complexity index is 211. The van der Waals surface area contributed by atoms with Gasteiger partial charge in [-0.3, -0.25) is 4.79 Å². The minimum atomic E-state index is 0.862. The molecule has 57 valence electrons. The van der Waals surface area contributed by atoms with Gasteiger partial charge in [0, 0.05) is 5.75 Å². The van der Waals surface area contributed by atoms with E-state index in [0.29, 0.717) is 0 Å². The molecule has 1 nitrogen and oxygen atoms in total. The number of benzene rings is 1. The highest BCUT2D eigenvalue weighted by molar-refractivity contribution is 8.81. The maximum Gasteiger partial charge on any atom is 0.277 e. The molecule has 0 saturated heterocycles. The molecule has 0 heterocycles. The van der Waals surface area contributed by atoms with Crippen LogP contribution in [-0.4, -0.2) is 5.62 Å². The monoisotopic (exact) mass is 183 g/mol. The van der Waals surface area contributed by atoms with Crippen LogP contribution in [0.15, 0.2) is 30.3 Å². The average molecular weight is 183 g/mol. The molecule has 1 aromatic rings. The first-order valence-electron chi connectivity index (χ1n) is 3.13. The highest BCUT2D eigenvalue weighted by Gasteiger charge is 1.90. The topological polar surface area (TPSA) is 17.1 Å². The summed E-state index contributed by atoms with van der Waals surface area (Å²) >= 11 is 0. The molecule has 0 bridgehead atoms. The van der Waals surface area contributed by atoms with Crippen LogP contribution in [0, 0.1) is 0 Å². The third-order valence-electron chi connectivity index (χ3n) is 1.16. The summed E-state index contributed by atoms with van der Waals surface area (Å²) in [6, 6.07) is 10.0. The Hall–Kier alpha value is -0.410. The van der Waals surface area contributed by atoms with Gasteiger partial charge in [0.2, 0.25) is 0 Å². The summed E-state index contributed by atoms with van der Waals surface area (Å²) in [6.07, 6.45) is 0. The number of hydrogen-bond acceptors (Lipinski definition) is 3. The lowest BCUT2D eigenvalue weighted by atomic mass is 10.2. The van der Waals surface area contributed by atoms with E-state index in [0.717, 1.165) is 16.5 Å². The van der Waals surface area contributed by atoms with E-state index < -0.39 is 0 Å². The standard InChI is InChI=1S/C8H7OS2/c9-7-11-10-6-8-4-2-1-3-5-8/h1-5H,6H2. The fourth-order valence-corrected chi connectivity index (χ4v) is 1.86. The van der Waals surface area contributed by atoms with Crippen LogP contribution in [0.2, 0.25) is 0 Å². The van der Waals surface area contributed by atoms with E-state index in [9.17, 15) is 4.79 Å². The molecule has 1 rings (SSSR count). The first-order valence-corrected chi connectivity index (χ1v) is 5.45. The number of carbonyl (C=O) groups excluding carboxylic acids is 1. The van der Waals surface area contributed by atoms with E-state index in [1.165, 1.54) is 16.4 Å². The molecule has 1 aromatic carbocycles. The molecule has 0 atom stereocenters. The van der Waals surface area contributed by atoms with Gasteiger partial charge in [-0.25, -0.2) is 0 Å². The lowest BCUT2D eigenvalue weighted by Crippen LogP contribution is -1.74. The summed E-state index contributed by atoms with van der Waals surface area (Å²) in [5.74, 6) is 0.862. The predicted molar refractivity (Wildman–Crippen MR) is 51.0 cm³/mol. The summed E-state index contributed by atoms with van der Waals surface area (Å²) in [5.41, 5.74) is 3.00. The van der Waals surface area contributed by atoms with Crippen molar-refractivity contribution in [2.24, 2.45) is 0 Å². The summed E-state index contributed by atoms with van der Waals surface area (Å²) in [7, 11) is 2.61. The molecule has 0 aliphatic heterocycles. The third kappa shape index (κ3) is 3.49.